The zero-order valence-corrected chi connectivity index (χ0v) is 23.8. The average Bonchev–Trinajstić information content (AvgIpc) is 2.98. The molecule has 0 aliphatic carbocycles. The number of benzene rings is 3. The Kier molecular flexibility index (Phi) is 10.4. The Hall–Kier alpha value is -4.65. The van der Waals surface area contributed by atoms with E-state index in [9.17, 15) is 24.2 Å². The van der Waals surface area contributed by atoms with E-state index in [1.807, 2.05) is 43.3 Å². The van der Waals surface area contributed by atoms with Gasteiger partial charge in [-0.25, -0.2) is 9.59 Å². The number of halogens is 1. The monoisotopic (exact) mass is 611 g/mol. The Morgan fingerprint density at radius 2 is 1.59 bits per heavy atom. The molecule has 1 saturated heterocycles. The highest BCUT2D eigenvalue weighted by molar-refractivity contribution is 5.96. The fourth-order valence-electron chi connectivity index (χ4n) is 4.98. The highest BCUT2D eigenvalue weighted by atomic mass is 19.1. The lowest BCUT2D eigenvalue weighted by Crippen LogP contribution is -2.49. The standard InChI is InChI=1S/C28H28FNO4.C4H6O6/c1-18-25-14-23(32)7-10-26(25)34-28(27(18)21-3-2-4-22(31)13-21)20-5-8-24(9-6-20)33-12-11-30-16-19(15-29)17-30;5-1(3(7)8)2(6)4(9)10/h2-10,13-14,19,28,31-32H,11-12,15-17H2,1H3;1-2,5-6H,(H,7,8)(H,9,10)/t28-;/m1./s1. The number of rotatable bonds is 10. The second-order valence-electron chi connectivity index (χ2n) is 10.5. The molecule has 1 fully saturated rings. The Balaban J connectivity index is 0.000000382. The summed E-state index contributed by atoms with van der Waals surface area (Å²) in [6.07, 6.45) is -4.92. The van der Waals surface area contributed by atoms with Gasteiger partial charge in [0.05, 0.1) is 6.67 Å². The van der Waals surface area contributed by atoms with Gasteiger partial charge in [-0.1, -0.05) is 24.3 Å². The van der Waals surface area contributed by atoms with E-state index in [-0.39, 0.29) is 30.2 Å². The molecule has 0 spiro atoms. The van der Waals surface area contributed by atoms with Crippen LogP contribution < -0.4 is 9.47 Å². The average molecular weight is 612 g/mol. The number of likely N-dealkylation sites (tertiary alicyclic amines) is 1. The maximum Gasteiger partial charge on any atom is 0.335 e. The molecule has 12 heteroatoms. The largest absolute Gasteiger partial charge is 0.508 e. The van der Waals surface area contributed by atoms with Crippen LogP contribution in [0, 0.1) is 5.92 Å². The number of hydrogen-bond donors (Lipinski definition) is 6. The van der Waals surface area contributed by atoms with Gasteiger partial charge in [0.25, 0.3) is 0 Å². The molecule has 2 unspecified atom stereocenters. The van der Waals surface area contributed by atoms with Crippen LogP contribution in [-0.2, 0) is 9.59 Å². The predicted molar refractivity (Wildman–Crippen MR) is 157 cm³/mol. The predicted octanol–water partition coefficient (Wildman–Crippen LogP) is 3.32. The number of hydrogen-bond acceptors (Lipinski definition) is 9. The van der Waals surface area contributed by atoms with E-state index >= 15 is 0 Å². The second-order valence-corrected chi connectivity index (χ2v) is 10.5. The van der Waals surface area contributed by atoms with E-state index in [2.05, 4.69) is 4.90 Å². The van der Waals surface area contributed by atoms with Crippen LogP contribution in [0.3, 0.4) is 0 Å². The number of fused-ring (bicyclic) bond motifs is 1. The van der Waals surface area contributed by atoms with Crippen LogP contribution in [0.25, 0.3) is 11.1 Å². The first kappa shape index (κ1) is 32.3. The van der Waals surface area contributed by atoms with Crippen molar-refractivity contribution in [3.63, 3.8) is 0 Å². The molecule has 234 valence electrons. The van der Waals surface area contributed by atoms with Crippen LogP contribution in [0.1, 0.15) is 29.7 Å². The lowest BCUT2D eigenvalue weighted by molar-refractivity contribution is -0.165. The minimum Gasteiger partial charge on any atom is -0.508 e. The van der Waals surface area contributed by atoms with E-state index in [0.29, 0.717) is 12.4 Å². The van der Waals surface area contributed by atoms with E-state index in [4.69, 9.17) is 29.9 Å². The molecule has 3 aromatic rings. The van der Waals surface area contributed by atoms with Crippen LogP contribution in [0.15, 0.2) is 66.7 Å². The van der Waals surface area contributed by atoms with E-state index in [1.165, 1.54) is 0 Å². The molecule has 0 radical (unpaired) electrons. The summed E-state index contributed by atoms with van der Waals surface area (Å²) in [7, 11) is 0. The minimum atomic E-state index is -2.27. The molecule has 0 aromatic heterocycles. The first-order chi connectivity index (χ1) is 21.0. The molecular formula is C32H34FNO10. The van der Waals surface area contributed by atoms with Gasteiger partial charge in [0.2, 0.25) is 0 Å². The van der Waals surface area contributed by atoms with Crippen molar-refractivity contribution in [2.45, 2.75) is 25.2 Å². The van der Waals surface area contributed by atoms with Crippen LogP contribution in [0.2, 0.25) is 0 Å². The Bertz CT molecular complexity index is 1490. The number of phenols is 2. The number of aliphatic hydroxyl groups is 2. The summed E-state index contributed by atoms with van der Waals surface area (Å²) in [6, 6.07) is 20.1. The van der Waals surface area contributed by atoms with Gasteiger partial charge >= 0.3 is 11.9 Å². The molecule has 0 saturated carbocycles. The van der Waals surface area contributed by atoms with Crippen molar-refractivity contribution in [3.05, 3.63) is 83.4 Å². The molecule has 6 N–H and O–H groups in total. The van der Waals surface area contributed by atoms with Gasteiger partial charge in [0, 0.05) is 36.7 Å². The molecule has 5 rings (SSSR count). The topological polar surface area (TPSA) is 177 Å². The molecular weight excluding hydrogens is 577 g/mol. The summed E-state index contributed by atoms with van der Waals surface area (Å²) in [4.78, 5) is 21.7. The number of phenolic OH excluding ortho intramolecular Hbond substituents is 2. The lowest BCUT2D eigenvalue weighted by atomic mass is 9.86. The third-order valence-corrected chi connectivity index (χ3v) is 7.35. The third-order valence-electron chi connectivity index (χ3n) is 7.35. The van der Waals surface area contributed by atoms with E-state index < -0.39 is 24.1 Å². The van der Waals surface area contributed by atoms with Crippen molar-refractivity contribution in [1.82, 2.24) is 4.90 Å². The number of alkyl halides is 1. The number of aliphatic hydroxyl groups excluding tert-OH is 2. The fourth-order valence-corrected chi connectivity index (χ4v) is 4.98. The van der Waals surface area contributed by atoms with Crippen molar-refractivity contribution >= 4 is 23.1 Å². The van der Waals surface area contributed by atoms with E-state index in [0.717, 1.165) is 53.2 Å². The summed E-state index contributed by atoms with van der Waals surface area (Å²) in [6.45, 7) is 4.72. The van der Waals surface area contributed by atoms with Crippen LogP contribution in [0.4, 0.5) is 4.39 Å². The Morgan fingerprint density at radius 1 is 0.955 bits per heavy atom. The van der Waals surface area contributed by atoms with Crippen LogP contribution >= 0.6 is 0 Å². The maximum atomic E-state index is 12.6. The zero-order valence-electron chi connectivity index (χ0n) is 23.8. The molecule has 2 heterocycles. The second kappa shape index (κ2) is 14.2. The van der Waals surface area contributed by atoms with Gasteiger partial charge in [-0.2, -0.15) is 0 Å². The molecule has 2 aliphatic heterocycles. The summed E-state index contributed by atoms with van der Waals surface area (Å²) in [5, 5.41) is 52.6. The van der Waals surface area contributed by atoms with Gasteiger partial charge in [-0.15, -0.1) is 0 Å². The van der Waals surface area contributed by atoms with Gasteiger partial charge in [-0.3, -0.25) is 9.29 Å². The number of aliphatic carboxylic acids is 2. The first-order valence-corrected chi connectivity index (χ1v) is 13.8. The molecule has 3 aromatic carbocycles. The van der Waals surface area contributed by atoms with Gasteiger partial charge in [-0.05, 0) is 66.1 Å². The summed E-state index contributed by atoms with van der Waals surface area (Å²) in [5.74, 6) is -1.53. The van der Waals surface area contributed by atoms with Crippen molar-refractivity contribution < 1.29 is 54.1 Å². The highest BCUT2D eigenvalue weighted by Crippen LogP contribution is 2.47. The van der Waals surface area contributed by atoms with E-state index in [1.54, 1.807) is 30.3 Å². The number of carboxylic acid groups (broad SMARTS) is 2. The minimum absolute atomic E-state index is 0.176. The quantitative estimate of drug-likeness (QED) is 0.198. The number of allylic oxidation sites excluding steroid dienone is 1. The molecule has 0 amide bonds. The molecule has 2 aliphatic rings. The Labute approximate surface area is 252 Å². The number of nitrogens with zero attached hydrogens (tertiary/aromatic N) is 1. The van der Waals surface area contributed by atoms with Gasteiger partial charge in [0.1, 0.15) is 35.7 Å². The van der Waals surface area contributed by atoms with Crippen molar-refractivity contribution in [2.75, 3.05) is 32.9 Å². The van der Waals surface area contributed by atoms with Crippen LogP contribution in [-0.4, -0.2) is 92.6 Å². The molecule has 44 heavy (non-hydrogen) atoms. The van der Waals surface area contributed by atoms with Crippen molar-refractivity contribution in [1.29, 1.82) is 0 Å². The smallest absolute Gasteiger partial charge is 0.335 e. The van der Waals surface area contributed by atoms with Crippen molar-refractivity contribution in [2.24, 2.45) is 5.92 Å². The molecule has 3 atom stereocenters. The normalized spacial score (nSPS) is 17.7. The SMILES string of the molecule is CC1=C(c2cccc(O)c2)[C@@H](c2ccc(OCCN3CC(CF)C3)cc2)Oc2ccc(O)cc21.O=C(O)C(O)C(O)C(=O)O. The highest BCUT2D eigenvalue weighted by Gasteiger charge is 2.31. The van der Waals surface area contributed by atoms with Crippen LogP contribution in [0.5, 0.6) is 23.0 Å². The summed E-state index contributed by atoms with van der Waals surface area (Å²) >= 11 is 0. The number of carbonyl (C=O) groups is 2. The van der Waals surface area contributed by atoms with Gasteiger partial charge < -0.3 is 40.1 Å². The maximum absolute atomic E-state index is 12.6. The third kappa shape index (κ3) is 7.64. The lowest BCUT2D eigenvalue weighted by Gasteiger charge is -2.37. The fraction of sp³-hybridized carbons (Fsp3) is 0.312. The summed E-state index contributed by atoms with van der Waals surface area (Å²) in [5.41, 5.74) is 4.56. The zero-order chi connectivity index (χ0) is 32.0. The molecule has 0 bridgehead atoms. The summed E-state index contributed by atoms with van der Waals surface area (Å²) < 4.78 is 24.9. The number of carboxylic acids is 2. The first-order valence-electron chi connectivity index (χ1n) is 13.8. The molecule has 11 nitrogen and oxygen atoms in total. The number of aromatic hydroxyl groups is 2. The number of ether oxygens (including phenoxy) is 2. The van der Waals surface area contributed by atoms with Crippen molar-refractivity contribution in [3.8, 4) is 23.0 Å². The Morgan fingerprint density at radius 3 is 2.18 bits per heavy atom. The van der Waals surface area contributed by atoms with Gasteiger partial charge in [0.15, 0.2) is 12.2 Å².